The summed E-state index contributed by atoms with van der Waals surface area (Å²) in [5.41, 5.74) is 4.69. The van der Waals surface area contributed by atoms with Gasteiger partial charge in [0, 0.05) is 35.6 Å². The average Bonchev–Trinajstić information content (AvgIpc) is 3.37. The molecule has 1 N–H and O–H groups in total. The second-order valence-corrected chi connectivity index (χ2v) is 7.45. The molecule has 0 atom stereocenters. The number of aryl methyl sites for hydroxylation is 2. The molecule has 154 valence electrons. The van der Waals surface area contributed by atoms with E-state index in [0.29, 0.717) is 6.54 Å². The fraction of sp³-hybridized carbons (Fsp3) is 0.125. The molecule has 5 aromatic rings. The zero-order valence-corrected chi connectivity index (χ0v) is 17.2. The number of rotatable bonds is 5. The SMILES string of the molecule is Cc1cccc(-n2cc(-c3ccc4c(cnn4C)c3)nc2CNc2ccc(F)cc2)n1. The molecule has 3 aromatic heterocycles. The van der Waals surface area contributed by atoms with E-state index in [4.69, 9.17) is 4.98 Å². The molecule has 3 heterocycles. The van der Waals surface area contributed by atoms with Gasteiger partial charge in [0.1, 0.15) is 17.5 Å². The van der Waals surface area contributed by atoms with Crippen LogP contribution in [0.3, 0.4) is 0 Å². The number of aromatic nitrogens is 5. The van der Waals surface area contributed by atoms with Crippen LogP contribution in [0.1, 0.15) is 11.5 Å². The maximum atomic E-state index is 13.2. The number of halogens is 1. The predicted molar refractivity (Wildman–Crippen MR) is 120 cm³/mol. The monoisotopic (exact) mass is 412 g/mol. The normalized spacial score (nSPS) is 11.2. The van der Waals surface area contributed by atoms with Gasteiger partial charge in [-0.05, 0) is 55.5 Å². The van der Waals surface area contributed by atoms with Crippen LogP contribution in [0.4, 0.5) is 10.1 Å². The zero-order valence-electron chi connectivity index (χ0n) is 17.2. The molecule has 2 aromatic carbocycles. The highest BCUT2D eigenvalue weighted by atomic mass is 19.1. The summed E-state index contributed by atoms with van der Waals surface area (Å²) >= 11 is 0. The van der Waals surface area contributed by atoms with E-state index in [9.17, 15) is 4.39 Å². The molecule has 0 spiro atoms. The zero-order chi connectivity index (χ0) is 21.4. The largest absolute Gasteiger partial charge is 0.378 e. The molecular weight excluding hydrogens is 391 g/mol. The van der Waals surface area contributed by atoms with Gasteiger partial charge >= 0.3 is 0 Å². The van der Waals surface area contributed by atoms with Crippen LogP contribution in [0.25, 0.3) is 28.0 Å². The van der Waals surface area contributed by atoms with Gasteiger partial charge in [-0.15, -0.1) is 0 Å². The molecule has 0 bridgehead atoms. The maximum Gasteiger partial charge on any atom is 0.138 e. The Bertz CT molecular complexity index is 1370. The number of nitrogens with one attached hydrogen (secondary N) is 1. The summed E-state index contributed by atoms with van der Waals surface area (Å²) in [6.45, 7) is 2.44. The van der Waals surface area contributed by atoms with Gasteiger partial charge in [-0.1, -0.05) is 12.1 Å². The van der Waals surface area contributed by atoms with E-state index >= 15 is 0 Å². The van der Waals surface area contributed by atoms with Crippen molar-refractivity contribution in [1.82, 2.24) is 24.3 Å². The number of anilines is 1. The van der Waals surface area contributed by atoms with E-state index in [1.165, 1.54) is 12.1 Å². The van der Waals surface area contributed by atoms with E-state index < -0.39 is 0 Å². The summed E-state index contributed by atoms with van der Waals surface area (Å²) in [7, 11) is 1.93. The first-order valence-corrected chi connectivity index (χ1v) is 10.0. The molecule has 5 rings (SSSR count). The van der Waals surface area contributed by atoms with Crippen LogP contribution in [-0.2, 0) is 13.6 Å². The molecule has 0 amide bonds. The van der Waals surface area contributed by atoms with Crippen LogP contribution < -0.4 is 5.32 Å². The second kappa shape index (κ2) is 7.68. The van der Waals surface area contributed by atoms with Gasteiger partial charge in [-0.25, -0.2) is 14.4 Å². The Morgan fingerprint density at radius 3 is 2.65 bits per heavy atom. The number of benzene rings is 2. The highest BCUT2D eigenvalue weighted by Crippen LogP contribution is 2.25. The molecule has 6 nitrogen and oxygen atoms in total. The first-order valence-electron chi connectivity index (χ1n) is 10.0. The van der Waals surface area contributed by atoms with Crippen molar-refractivity contribution in [3.05, 3.63) is 90.4 Å². The summed E-state index contributed by atoms with van der Waals surface area (Å²) in [5.74, 6) is 1.35. The highest BCUT2D eigenvalue weighted by Gasteiger charge is 2.13. The van der Waals surface area contributed by atoms with Crippen molar-refractivity contribution >= 4 is 16.6 Å². The molecular formula is C24H21FN6. The lowest BCUT2D eigenvalue weighted by molar-refractivity contribution is 0.628. The number of nitrogens with zero attached hydrogens (tertiary/aromatic N) is 5. The topological polar surface area (TPSA) is 60.6 Å². The van der Waals surface area contributed by atoms with Crippen LogP contribution in [0.15, 0.2) is 73.1 Å². The van der Waals surface area contributed by atoms with Gasteiger partial charge in [0.25, 0.3) is 0 Å². The van der Waals surface area contributed by atoms with Crippen LogP contribution >= 0.6 is 0 Å². The molecule has 7 heteroatoms. The van der Waals surface area contributed by atoms with Gasteiger partial charge in [-0.3, -0.25) is 9.25 Å². The van der Waals surface area contributed by atoms with Crippen molar-refractivity contribution in [2.45, 2.75) is 13.5 Å². The van der Waals surface area contributed by atoms with E-state index in [0.717, 1.165) is 45.2 Å². The smallest absolute Gasteiger partial charge is 0.138 e. The second-order valence-electron chi connectivity index (χ2n) is 7.45. The predicted octanol–water partition coefficient (Wildman–Crippen LogP) is 4.88. The lowest BCUT2D eigenvalue weighted by Crippen LogP contribution is -2.08. The number of fused-ring (bicyclic) bond motifs is 1. The summed E-state index contributed by atoms with van der Waals surface area (Å²) < 4.78 is 17.1. The number of pyridine rings is 1. The minimum atomic E-state index is -0.260. The van der Waals surface area contributed by atoms with Crippen molar-refractivity contribution in [1.29, 1.82) is 0 Å². The number of imidazole rings is 1. The summed E-state index contributed by atoms with van der Waals surface area (Å²) in [6, 6.07) is 18.4. The molecule has 0 saturated heterocycles. The molecule has 0 saturated carbocycles. The van der Waals surface area contributed by atoms with Crippen LogP contribution in [0, 0.1) is 12.7 Å². The van der Waals surface area contributed by atoms with E-state index in [-0.39, 0.29) is 5.82 Å². The fourth-order valence-electron chi connectivity index (χ4n) is 3.62. The van der Waals surface area contributed by atoms with Crippen molar-refractivity contribution in [2.75, 3.05) is 5.32 Å². The van der Waals surface area contributed by atoms with E-state index in [1.54, 1.807) is 12.1 Å². The van der Waals surface area contributed by atoms with Gasteiger partial charge in [0.15, 0.2) is 0 Å². The summed E-state index contributed by atoms with van der Waals surface area (Å²) in [5, 5.41) is 8.71. The Hall–Kier alpha value is -4.00. The van der Waals surface area contributed by atoms with Crippen molar-refractivity contribution in [3.8, 4) is 17.1 Å². The minimum Gasteiger partial charge on any atom is -0.378 e. The Balaban J connectivity index is 1.54. The quantitative estimate of drug-likeness (QED) is 0.447. The lowest BCUT2D eigenvalue weighted by atomic mass is 10.1. The van der Waals surface area contributed by atoms with E-state index in [1.807, 2.05) is 53.8 Å². The molecule has 0 unspecified atom stereocenters. The summed E-state index contributed by atoms with van der Waals surface area (Å²) in [6.07, 6.45) is 3.86. The molecule has 0 radical (unpaired) electrons. The van der Waals surface area contributed by atoms with Gasteiger partial charge in [-0.2, -0.15) is 5.10 Å². The Kier molecular flexibility index (Phi) is 4.71. The van der Waals surface area contributed by atoms with Gasteiger partial charge in [0.2, 0.25) is 0 Å². The molecule has 0 fully saturated rings. The third kappa shape index (κ3) is 3.77. The van der Waals surface area contributed by atoms with Crippen molar-refractivity contribution < 1.29 is 4.39 Å². The van der Waals surface area contributed by atoms with Crippen molar-refractivity contribution in [2.24, 2.45) is 7.05 Å². The Morgan fingerprint density at radius 2 is 1.84 bits per heavy atom. The summed E-state index contributed by atoms with van der Waals surface area (Å²) in [4.78, 5) is 9.56. The van der Waals surface area contributed by atoms with Crippen molar-refractivity contribution in [3.63, 3.8) is 0 Å². The Labute approximate surface area is 179 Å². The third-order valence-electron chi connectivity index (χ3n) is 5.24. The Morgan fingerprint density at radius 1 is 1.00 bits per heavy atom. The molecule has 0 aliphatic heterocycles. The maximum absolute atomic E-state index is 13.2. The number of hydrogen-bond donors (Lipinski definition) is 1. The number of hydrogen-bond acceptors (Lipinski definition) is 4. The fourth-order valence-corrected chi connectivity index (χ4v) is 3.62. The van der Waals surface area contributed by atoms with Gasteiger partial charge in [0.05, 0.1) is 24.0 Å². The lowest BCUT2D eigenvalue weighted by Gasteiger charge is -2.09. The minimum absolute atomic E-state index is 0.260. The first kappa shape index (κ1) is 19.0. The van der Waals surface area contributed by atoms with Crippen LogP contribution in [0.5, 0.6) is 0 Å². The standard InChI is InChI=1S/C24H21FN6/c1-16-4-3-5-23(28-16)31-15-21(17-6-11-22-18(12-17)13-27-30(22)2)29-24(31)14-26-20-9-7-19(25)8-10-20/h3-13,15,26H,14H2,1-2H3. The average molecular weight is 412 g/mol. The first-order chi connectivity index (χ1) is 15.1. The highest BCUT2D eigenvalue weighted by molar-refractivity contribution is 5.83. The van der Waals surface area contributed by atoms with Gasteiger partial charge < -0.3 is 5.32 Å². The van der Waals surface area contributed by atoms with Crippen LogP contribution in [-0.4, -0.2) is 24.3 Å². The molecule has 0 aliphatic carbocycles. The molecule has 0 aliphatic rings. The van der Waals surface area contributed by atoms with E-state index in [2.05, 4.69) is 33.6 Å². The third-order valence-corrected chi connectivity index (χ3v) is 5.24. The van der Waals surface area contributed by atoms with Crippen LogP contribution in [0.2, 0.25) is 0 Å². The molecule has 31 heavy (non-hydrogen) atoms.